The predicted octanol–water partition coefficient (Wildman–Crippen LogP) is 0.309. The highest BCUT2D eigenvalue weighted by Gasteiger charge is 2.34. The van der Waals surface area contributed by atoms with Crippen LogP contribution < -0.4 is 10.6 Å². The summed E-state index contributed by atoms with van der Waals surface area (Å²) in [5.74, 6) is 1.97. The van der Waals surface area contributed by atoms with Gasteiger partial charge < -0.3 is 14.8 Å². The number of carbonyl (C=O) groups is 3. The Morgan fingerprint density at radius 2 is 1.88 bits per heavy atom. The van der Waals surface area contributed by atoms with Gasteiger partial charge in [0.25, 0.3) is 5.91 Å². The lowest BCUT2D eigenvalue weighted by Crippen LogP contribution is -2.42. The molecular weight excluding hydrogens is 336 g/mol. The summed E-state index contributed by atoms with van der Waals surface area (Å²) in [6, 6.07) is -1.28. The van der Waals surface area contributed by atoms with Crippen molar-refractivity contribution in [3.63, 3.8) is 0 Å². The van der Waals surface area contributed by atoms with Gasteiger partial charge in [0, 0.05) is 32.0 Å². The number of likely N-dealkylation sites (tertiary alicyclic amines) is 1. The van der Waals surface area contributed by atoms with Gasteiger partial charge in [0.15, 0.2) is 0 Å². The Hall–Kier alpha value is -2.45. The highest BCUT2D eigenvalue weighted by atomic mass is 16.2. The number of carbonyl (C=O) groups excluding carboxylic acids is 3. The summed E-state index contributed by atoms with van der Waals surface area (Å²) in [7, 11) is 0. The zero-order chi connectivity index (χ0) is 18.1. The van der Waals surface area contributed by atoms with Crippen molar-refractivity contribution >= 4 is 17.8 Å². The molecule has 4 amide bonds. The molecule has 0 unspecified atom stereocenters. The Bertz CT molecular complexity index is 722. The number of piperidine rings is 1. The molecule has 2 N–H and O–H groups in total. The van der Waals surface area contributed by atoms with E-state index >= 15 is 0 Å². The van der Waals surface area contributed by atoms with Crippen LogP contribution in [0.5, 0.6) is 0 Å². The maximum atomic E-state index is 12.4. The van der Waals surface area contributed by atoms with Gasteiger partial charge in [-0.25, -0.2) is 4.79 Å². The minimum absolute atomic E-state index is 0.0164. The summed E-state index contributed by atoms with van der Waals surface area (Å²) in [5.41, 5.74) is 0. The van der Waals surface area contributed by atoms with Crippen LogP contribution >= 0.6 is 0 Å². The molecule has 0 spiro atoms. The van der Waals surface area contributed by atoms with Crippen LogP contribution in [-0.4, -0.2) is 56.6 Å². The largest absolute Gasteiger partial charge is 0.343 e. The smallest absolute Gasteiger partial charge is 0.322 e. The molecule has 2 fully saturated rings. The zero-order valence-electron chi connectivity index (χ0n) is 14.7. The molecule has 1 aromatic rings. The number of fused-ring (bicyclic) bond motifs is 1. The van der Waals surface area contributed by atoms with Crippen molar-refractivity contribution in [3.05, 3.63) is 11.6 Å². The van der Waals surface area contributed by atoms with Crippen molar-refractivity contribution in [2.75, 3.05) is 13.1 Å². The molecule has 9 nitrogen and oxygen atoms in total. The number of imide groups is 1. The SMILES string of the molecule is O=C1NC(=O)[C@H](CC(=O)N2CCC(c3nnc4n3CCCCC4)CC2)N1. The summed E-state index contributed by atoms with van der Waals surface area (Å²) in [4.78, 5) is 37.0. The average Bonchev–Trinajstić information content (AvgIpc) is 3.08. The van der Waals surface area contributed by atoms with Crippen molar-refractivity contribution in [1.82, 2.24) is 30.3 Å². The molecule has 26 heavy (non-hydrogen) atoms. The van der Waals surface area contributed by atoms with Crippen LogP contribution in [0.15, 0.2) is 0 Å². The monoisotopic (exact) mass is 360 g/mol. The minimum Gasteiger partial charge on any atom is -0.343 e. The second-order valence-corrected chi connectivity index (χ2v) is 7.31. The molecule has 1 atom stereocenters. The third-order valence-corrected chi connectivity index (χ3v) is 5.59. The van der Waals surface area contributed by atoms with E-state index in [1.54, 1.807) is 4.90 Å². The summed E-state index contributed by atoms with van der Waals surface area (Å²) in [5, 5.41) is 13.5. The standard InChI is InChI=1S/C17H24N6O3/c24-14(10-12-16(25)19-17(26)18-12)22-8-5-11(6-9-22)15-21-20-13-4-2-1-3-7-23(13)15/h11-12H,1-10H2,(H2,18,19,25,26)/t12-/m0/s1. The molecule has 9 heteroatoms. The third-order valence-electron chi connectivity index (χ3n) is 5.59. The topological polar surface area (TPSA) is 109 Å². The average molecular weight is 360 g/mol. The van der Waals surface area contributed by atoms with E-state index in [0.29, 0.717) is 19.0 Å². The van der Waals surface area contributed by atoms with E-state index < -0.39 is 18.0 Å². The lowest BCUT2D eigenvalue weighted by Gasteiger charge is -2.32. The van der Waals surface area contributed by atoms with Crippen LogP contribution in [0.4, 0.5) is 4.79 Å². The normalized spacial score (nSPS) is 24.0. The van der Waals surface area contributed by atoms with E-state index in [2.05, 4.69) is 25.4 Å². The Morgan fingerprint density at radius 3 is 2.62 bits per heavy atom. The van der Waals surface area contributed by atoms with E-state index in [-0.39, 0.29) is 12.3 Å². The Kier molecular flexibility index (Phi) is 4.60. The van der Waals surface area contributed by atoms with E-state index in [0.717, 1.165) is 37.5 Å². The van der Waals surface area contributed by atoms with Crippen molar-refractivity contribution in [2.45, 2.75) is 63.5 Å². The fraction of sp³-hybridized carbons (Fsp3) is 0.706. The second-order valence-electron chi connectivity index (χ2n) is 7.31. The maximum Gasteiger partial charge on any atom is 0.322 e. The predicted molar refractivity (Wildman–Crippen MR) is 91.2 cm³/mol. The first-order valence-corrected chi connectivity index (χ1v) is 9.43. The fourth-order valence-corrected chi connectivity index (χ4v) is 4.10. The van der Waals surface area contributed by atoms with E-state index in [1.807, 2.05) is 0 Å². The van der Waals surface area contributed by atoms with E-state index in [4.69, 9.17) is 0 Å². The van der Waals surface area contributed by atoms with Crippen LogP contribution in [0.2, 0.25) is 0 Å². The number of aromatic nitrogens is 3. The quantitative estimate of drug-likeness (QED) is 0.754. The number of rotatable bonds is 3. The highest BCUT2D eigenvalue weighted by Crippen LogP contribution is 2.29. The van der Waals surface area contributed by atoms with Crippen molar-refractivity contribution in [2.24, 2.45) is 0 Å². The Labute approximate surface area is 151 Å². The van der Waals surface area contributed by atoms with Gasteiger partial charge in [-0.3, -0.25) is 14.9 Å². The number of urea groups is 1. The second kappa shape index (κ2) is 7.05. The van der Waals surface area contributed by atoms with Gasteiger partial charge in [0.2, 0.25) is 5.91 Å². The zero-order valence-corrected chi connectivity index (χ0v) is 14.7. The van der Waals surface area contributed by atoms with Crippen LogP contribution in [0.3, 0.4) is 0 Å². The molecule has 3 aliphatic rings. The fourth-order valence-electron chi connectivity index (χ4n) is 4.10. The number of hydrogen-bond donors (Lipinski definition) is 2. The van der Waals surface area contributed by atoms with Crippen molar-refractivity contribution in [1.29, 1.82) is 0 Å². The summed E-state index contributed by atoms with van der Waals surface area (Å²) < 4.78 is 2.29. The van der Waals surface area contributed by atoms with E-state index in [9.17, 15) is 14.4 Å². The van der Waals surface area contributed by atoms with Gasteiger partial charge in [-0.2, -0.15) is 0 Å². The van der Waals surface area contributed by atoms with Gasteiger partial charge in [-0.15, -0.1) is 10.2 Å². The van der Waals surface area contributed by atoms with Gasteiger partial charge >= 0.3 is 6.03 Å². The molecule has 0 saturated carbocycles. The molecule has 0 aromatic carbocycles. The van der Waals surface area contributed by atoms with Gasteiger partial charge in [0.05, 0.1) is 6.42 Å². The first kappa shape index (κ1) is 17.0. The van der Waals surface area contributed by atoms with Crippen molar-refractivity contribution < 1.29 is 14.4 Å². The van der Waals surface area contributed by atoms with Crippen LogP contribution in [-0.2, 0) is 22.6 Å². The first-order valence-electron chi connectivity index (χ1n) is 9.43. The molecule has 1 aromatic heterocycles. The number of amides is 4. The van der Waals surface area contributed by atoms with Crippen molar-refractivity contribution in [3.8, 4) is 0 Å². The van der Waals surface area contributed by atoms with Crippen LogP contribution in [0.25, 0.3) is 0 Å². The molecule has 4 heterocycles. The van der Waals surface area contributed by atoms with E-state index in [1.165, 1.54) is 19.3 Å². The minimum atomic E-state index is -0.750. The molecule has 4 rings (SSSR count). The molecule has 140 valence electrons. The van der Waals surface area contributed by atoms with Gasteiger partial charge in [-0.1, -0.05) is 6.42 Å². The summed E-state index contributed by atoms with van der Waals surface area (Å²) in [6.45, 7) is 2.29. The summed E-state index contributed by atoms with van der Waals surface area (Å²) >= 11 is 0. The first-order chi connectivity index (χ1) is 12.6. The molecule has 0 radical (unpaired) electrons. The highest BCUT2D eigenvalue weighted by molar-refractivity contribution is 6.05. The number of hydrogen-bond acceptors (Lipinski definition) is 5. The van der Waals surface area contributed by atoms with Gasteiger partial charge in [0.1, 0.15) is 17.7 Å². The number of nitrogens with one attached hydrogen (secondary N) is 2. The Balaban J connectivity index is 1.34. The molecule has 0 aliphatic carbocycles. The summed E-state index contributed by atoms with van der Waals surface area (Å²) in [6.07, 6.45) is 6.31. The van der Waals surface area contributed by atoms with Gasteiger partial charge in [-0.05, 0) is 25.7 Å². The Morgan fingerprint density at radius 1 is 1.08 bits per heavy atom. The number of aryl methyl sites for hydroxylation is 1. The third kappa shape index (κ3) is 3.30. The molecule has 2 saturated heterocycles. The molecule has 0 bridgehead atoms. The molecular formula is C17H24N6O3. The lowest BCUT2D eigenvalue weighted by molar-refractivity contribution is -0.134. The lowest BCUT2D eigenvalue weighted by atomic mass is 9.95. The van der Waals surface area contributed by atoms with Crippen LogP contribution in [0.1, 0.15) is 56.1 Å². The molecule has 3 aliphatic heterocycles. The number of nitrogens with zero attached hydrogens (tertiary/aromatic N) is 4. The van der Waals surface area contributed by atoms with Crippen LogP contribution in [0, 0.1) is 0 Å². The maximum absolute atomic E-state index is 12.4.